The largest absolute Gasteiger partial charge is 0.456 e. The smallest absolute Gasteiger partial charge is 0.408 e. The number of alkyl carbamates (subject to hydrolysis) is 1. The predicted octanol–water partition coefficient (Wildman–Crippen LogP) is 4.22. The van der Waals surface area contributed by atoms with E-state index in [9.17, 15) is 29.4 Å². The molecule has 0 bridgehead atoms. The molecule has 0 radical (unpaired) electrons. The number of likely N-dealkylation sites (N-methyl/N-ethyl adjacent to an activating group) is 1. The molecule has 0 spiro atoms. The summed E-state index contributed by atoms with van der Waals surface area (Å²) in [6.45, 7) is 12.8. The molecule has 13 atom stereocenters. The lowest BCUT2D eigenvalue weighted by molar-refractivity contribution is -0.297. The van der Waals surface area contributed by atoms with E-state index in [2.05, 4.69) is 10.3 Å². The van der Waals surface area contributed by atoms with Gasteiger partial charge in [-0.2, -0.15) is 0 Å². The van der Waals surface area contributed by atoms with E-state index in [-0.39, 0.29) is 37.4 Å². The van der Waals surface area contributed by atoms with Gasteiger partial charge in [0.1, 0.15) is 18.0 Å². The molecule has 3 fully saturated rings. The molecular weight excluding hydrogens is 722 g/mol. The number of aromatic nitrogens is 1. The van der Waals surface area contributed by atoms with E-state index in [0.29, 0.717) is 6.42 Å². The number of benzene rings is 1. The van der Waals surface area contributed by atoms with Crippen molar-refractivity contribution < 1.29 is 53.1 Å². The van der Waals surface area contributed by atoms with E-state index in [1.54, 1.807) is 46.9 Å². The van der Waals surface area contributed by atoms with Gasteiger partial charge in [0.05, 0.1) is 36.0 Å². The zero-order valence-corrected chi connectivity index (χ0v) is 34.2. The van der Waals surface area contributed by atoms with E-state index in [4.69, 9.17) is 23.7 Å². The molecule has 2 aromatic rings. The molecule has 3 aliphatic heterocycles. The number of nitrogens with one attached hydrogen (secondary N) is 1. The number of nitrogens with zero attached hydrogens (tertiary/aromatic N) is 2. The Morgan fingerprint density at radius 1 is 1.05 bits per heavy atom. The topological polar surface area (TPSA) is 183 Å². The van der Waals surface area contributed by atoms with Gasteiger partial charge in [-0.25, -0.2) is 9.59 Å². The van der Waals surface area contributed by atoms with Crippen LogP contribution in [-0.2, 0) is 38.1 Å². The fourth-order valence-corrected chi connectivity index (χ4v) is 8.75. The van der Waals surface area contributed by atoms with Gasteiger partial charge in [0, 0.05) is 35.4 Å². The summed E-state index contributed by atoms with van der Waals surface area (Å²) in [4.78, 5) is 61.9. The standard InChI is InChI=1S/C42H59N3O11/c1-11-31-42(8)34(44-39(50)56-42)25(4)32(46)23(2)21-40(6,52-18-14-15-27-20-28-16-12-13-17-29(28)43-22-27)36(26(5)35(48)41(7,51)38(49)54-31)55-37-33(47)30(45(9)10)19-24(3)53-37/h12-17,20,22-26,30-31,33-34,36-37,47,51H,11,18-19,21H2,1-10H3,(H,44,50)/b15-14+/t23-,24-,25+,26+,30+,31-,33-,34-,36-,37+,40-,41+,42-/m1/s1. The van der Waals surface area contributed by atoms with Crippen molar-refractivity contribution in [1.82, 2.24) is 15.2 Å². The predicted molar refractivity (Wildman–Crippen MR) is 207 cm³/mol. The fraction of sp³-hybridized carbons (Fsp3) is 0.643. The van der Waals surface area contributed by atoms with Crippen LogP contribution in [0.25, 0.3) is 17.0 Å². The summed E-state index contributed by atoms with van der Waals surface area (Å²) in [6.07, 6.45) is 0.100. The third-order valence-corrected chi connectivity index (χ3v) is 11.9. The lowest BCUT2D eigenvalue weighted by Crippen LogP contribution is -2.62. The molecule has 4 heterocycles. The number of rotatable bonds is 8. The highest BCUT2D eigenvalue weighted by Gasteiger charge is 2.59. The summed E-state index contributed by atoms with van der Waals surface area (Å²) in [6, 6.07) is 8.46. The first-order chi connectivity index (χ1) is 26.2. The van der Waals surface area contributed by atoms with Crippen LogP contribution in [0.1, 0.15) is 80.2 Å². The van der Waals surface area contributed by atoms with Gasteiger partial charge in [0.15, 0.2) is 17.7 Å². The van der Waals surface area contributed by atoms with Gasteiger partial charge in [-0.05, 0) is 78.7 Å². The summed E-state index contributed by atoms with van der Waals surface area (Å²) in [7, 11) is 3.68. The number of Topliss-reactive ketones (excluding diaryl/α,β-unsaturated/α-hetero) is 2. The van der Waals surface area contributed by atoms with Crippen LogP contribution in [0, 0.1) is 17.8 Å². The Balaban J connectivity index is 1.58. The van der Waals surface area contributed by atoms with Gasteiger partial charge in [-0.3, -0.25) is 14.6 Å². The van der Waals surface area contributed by atoms with Gasteiger partial charge in [-0.1, -0.05) is 58.0 Å². The van der Waals surface area contributed by atoms with Crippen molar-refractivity contribution >= 4 is 40.6 Å². The van der Waals surface area contributed by atoms with E-state index < -0.39 is 83.0 Å². The quantitative estimate of drug-likeness (QED) is 0.256. The third kappa shape index (κ3) is 8.70. The highest BCUT2D eigenvalue weighted by atomic mass is 16.7. The Bertz CT molecular complexity index is 1800. The van der Waals surface area contributed by atoms with Crippen LogP contribution in [0.5, 0.6) is 0 Å². The number of pyridine rings is 1. The number of hydrogen-bond acceptors (Lipinski definition) is 13. The maximum Gasteiger partial charge on any atom is 0.408 e. The first kappa shape index (κ1) is 43.3. The van der Waals surface area contributed by atoms with Crippen molar-refractivity contribution in [3.63, 3.8) is 0 Å². The van der Waals surface area contributed by atoms with Gasteiger partial charge >= 0.3 is 12.1 Å². The molecular formula is C42H59N3O11. The van der Waals surface area contributed by atoms with Crippen LogP contribution in [0.2, 0.25) is 0 Å². The summed E-state index contributed by atoms with van der Waals surface area (Å²) in [5, 5.41) is 27.0. The van der Waals surface area contributed by atoms with Crippen molar-refractivity contribution in [2.24, 2.45) is 17.8 Å². The Morgan fingerprint density at radius 2 is 1.75 bits per heavy atom. The minimum atomic E-state index is -2.69. The molecule has 0 aliphatic carbocycles. The maximum absolute atomic E-state index is 14.5. The number of para-hydroxylation sites is 1. The number of esters is 1. The Hall–Kier alpha value is -3.79. The molecule has 5 rings (SSSR count). The normalized spacial score (nSPS) is 38.9. The van der Waals surface area contributed by atoms with Gasteiger partial charge in [0.2, 0.25) is 5.60 Å². The van der Waals surface area contributed by atoms with E-state index in [1.165, 1.54) is 6.92 Å². The van der Waals surface area contributed by atoms with Gasteiger partial charge in [0.25, 0.3) is 0 Å². The summed E-state index contributed by atoms with van der Waals surface area (Å²) < 4.78 is 31.0. The molecule has 0 saturated carbocycles. The average molecular weight is 782 g/mol. The van der Waals surface area contributed by atoms with Crippen LogP contribution in [0.4, 0.5) is 4.79 Å². The molecule has 56 heavy (non-hydrogen) atoms. The van der Waals surface area contributed by atoms with Crippen molar-refractivity contribution in [2.45, 2.75) is 134 Å². The number of ketones is 2. The molecule has 3 saturated heterocycles. The molecule has 0 unspecified atom stereocenters. The second kappa shape index (κ2) is 17.0. The van der Waals surface area contributed by atoms with Crippen LogP contribution < -0.4 is 5.32 Å². The van der Waals surface area contributed by atoms with Crippen LogP contribution >= 0.6 is 0 Å². The number of carbonyl (C=O) groups is 4. The van der Waals surface area contributed by atoms with Gasteiger partial charge in [-0.15, -0.1) is 0 Å². The highest BCUT2D eigenvalue weighted by molar-refractivity contribution is 6.07. The SMILES string of the molecule is CC[C@H]1OC(=O)[C@@](C)(O)C(=O)[C@H](C)[C@@H](O[C@@H]2O[C@H](C)C[C@H](N(C)C)[C@H]2O)[C@](C)(OC/C=C/c2cnc3ccccc3c2)C[C@@H](C)C(=O)[C@H](C)[C@H]2NC(=O)O[C@@]21C. The Morgan fingerprint density at radius 3 is 2.43 bits per heavy atom. The third-order valence-electron chi connectivity index (χ3n) is 11.9. The molecule has 3 N–H and O–H groups in total. The Labute approximate surface area is 329 Å². The van der Waals surface area contributed by atoms with E-state index >= 15 is 0 Å². The summed E-state index contributed by atoms with van der Waals surface area (Å²) in [5.74, 6) is -5.28. The number of aliphatic hydroxyl groups excluding tert-OH is 1. The number of aliphatic hydroxyl groups is 2. The van der Waals surface area contributed by atoms with E-state index in [1.807, 2.05) is 62.3 Å². The van der Waals surface area contributed by atoms with Gasteiger partial charge < -0.3 is 44.1 Å². The zero-order chi connectivity index (χ0) is 41.3. The average Bonchev–Trinajstić information content (AvgIpc) is 3.47. The fourth-order valence-electron chi connectivity index (χ4n) is 8.75. The number of carbonyl (C=O) groups excluding carboxylic acids is 4. The van der Waals surface area contributed by atoms with Crippen LogP contribution in [-0.4, -0.2) is 124 Å². The first-order valence-corrected chi connectivity index (χ1v) is 19.5. The molecule has 308 valence electrons. The molecule has 14 nitrogen and oxygen atoms in total. The number of ether oxygens (including phenoxy) is 5. The number of hydrogen-bond donors (Lipinski definition) is 3. The zero-order valence-electron chi connectivity index (χ0n) is 34.2. The van der Waals surface area contributed by atoms with Crippen molar-refractivity contribution in [3.8, 4) is 0 Å². The number of cyclic esters (lactones) is 1. The second-order valence-corrected chi connectivity index (χ2v) is 16.6. The molecule has 14 heteroatoms. The van der Waals surface area contributed by atoms with Crippen LogP contribution in [0.15, 0.2) is 42.6 Å². The molecule has 1 aromatic heterocycles. The number of fused-ring (bicyclic) bond motifs is 2. The maximum atomic E-state index is 14.5. The monoisotopic (exact) mass is 781 g/mol. The Kier molecular flexibility index (Phi) is 13.1. The molecule has 1 amide bonds. The van der Waals surface area contributed by atoms with Crippen LogP contribution in [0.3, 0.4) is 0 Å². The van der Waals surface area contributed by atoms with Crippen molar-refractivity contribution in [2.75, 3.05) is 20.7 Å². The lowest BCUT2D eigenvalue weighted by Gasteiger charge is -2.47. The molecule has 3 aliphatic rings. The lowest BCUT2D eigenvalue weighted by atomic mass is 9.73. The number of amides is 1. The second-order valence-electron chi connectivity index (χ2n) is 16.6. The summed E-state index contributed by atoms with van der Waals surface area (Å²) in [5.41, 5.74) is -4.01. The molecule has 1 aromatic carbocycles. The highest BCUT2D eigenvalue weighted by Crippen LogP contribution is 2.41. The first-order valence-electron chi connectivity index (χ1n) is 19.5. The minimum Gasteiger partial charge on any atom is -0.456 e. The van der Waals surface area contributed by atoms with Crippen molar-refractivity contribution in [3.05, 3.63) is 48.2 Å². The minimum absolute atomic E-state index is 0.00133. The summed E-state index contributed by atoms with van der Waals surface area (Å²) >= 11 is 0. The van der Waals surface area contributed by atoms with Crippen molar-refractivity contribution in [1.29, 1.82) is 0 Å². The van der Waals surface area contributed by atoms with E-state index in [0.717, 1.165) is 23.4 Å².